The van der Waals surface area contributed by atoms with Crippen molar-refractivity contribution >= 4 is 46.5 Å². The lowest BCUT2D eigenvalue weighted by molar-refractivity contribution is -0.127. The van der Waals surface area contributed by atoms with Crippen LogP contribution in [0.15, 0.2) is 90.0 Å². The Kier molecular flexibility index (Phi) is 6.10. The van der Waals surface area contributed by atoms with E-state index in [4.69, 9.17) is 11.6 Å². The molecule has 9 heteroatoms. The Morgan fingerprint density at radius 3 is 2.15 bits per heavy atom. The van der Waals surface area contributed by atoms with Gasteiger partial charge >= 0.3 is 5.91 Å². The van der Waals surface area contributed by atoms with Crippen molar-refractivity contribution in [2.45, 2.75) is 12.6 Å². The van der Waals surface area contributed by atoms with Gasteiger partial charge in [0.2, 0.25) is 5.91 Å². The van der Waals surface area contributed by atoms with Gasteiger partial charge in [-0.3, -0.25) is 14.4 Å². The van der Waals surface area contributed by atoms with Gasteiger partial charge in [0.05, 0.1) is 10.7 Å². The Morgan fingerprint density at radius 1 is 0.909 bits per heavy atom. The number of anilines is 2. The molecule has 3 aromatic rings. The molecule has 0 saturated heterocycles. The van der Waals surface area contributed by atoms with Gasteiger partial charge in [-0.15, -0.1) is 5.10 Å². The first-order valence-corrected chi connectivity index (χ1v) is 10.4. The summed E-state index contributed by atoms with van der Waals surface area (Å²) in [6.07, 6.45) is 0. The van der Waals surface area contributed by atoms with Crippen LogP contribution in [0.4, 0.5) is 11.4 Å². The van der Waals surface area contributed by atoms with Crippen molar-refractivity contribution in [3.63, 3.8) is 0 Å². The Bertz CT molecular complexity index is 1230. The molecule has 1 atom stereocenters. The third kappa shape index (κ3) is 4.42. The molecular formula is C24H20ClN5O3. The van der Waals surface area contributed by atoms with Crippen LogP contribution >= 0.6 is 11.6 Å². The average molecular weight is 462 g/mol. The first-order valence-electron chi connectivity index (χ1n) is 10.1. The van der Waals surface area contributed by atoms with E-state index in [9.17, 15) is 14.4 Å². The zero-order valence-corrected chi connectivity index (χ0v) is 18.3. The second kappa shape index (κ2) is 9.13. The predicted octanol–water partition coefficient (Wildman–Crippen LogP) is 3.37. The number of amides is 3. The molecule has 0 saturated carbocycles. The van der Waals surface area contributed by atoms with Crippen LogP contribution in [0.3, 0.4) is 0 Å². The maximum absolute atomic E-state index is 13.8. The molecule has 0 radical (unpaired) electrons. The summed E-state index contributed by atoms with van der Waals surface area (Å²) >= 11 is 6.32. The first-order chi connectivity index (χ1) is 15.9. The molecule has 3 amide bonds. The topological polar surface area (TPSA) is 103 Å². The van der Waals surface area contributed by atoms with E-state index in [1.165, 1.54) is 6.92 Å². The second-order valence-electron chi connectivity index (χ2n) is 7.26. The van der Waals surface area contributed by atoms with E-state index in [2.05, 4.69) is 21.1 Å². The molecule has 0 aliphatic carbocycles. The van der Waals surface area contributed by atoms with Crippen molar-refractivity contribution < 1.29 is 14.4 Å². The highest BCUT2D eigenvalue weighted by Crippen LogP contribution is 2.32. The lowest BCUT2D eigenvalue weighted by Gasteiger charge is -2.31. The Labute approximate surface area is 195 Å². The van der Waals surface area contributed by atoms with Gasteiger partial charge in [0.15, 0.2) is 5.84 Å². The minimum absolute atomic E-state index is 0.0969. The largest absolute Gasteiger partial charge is 0.348 e. The Morgan fingerprint density at radius 2 is 1.52 bits per heavy atom. The number of hydrogen-bond donors (Lipinski definition) is 3. The van der Waals surface area contributed by atoms with Crippen molar-refractivity contribution in [3.8, 4) is 0 Å². The number of amidine groups is 1. The van der Waals surface area contributed by atoms with Gasteiger partial charge in [0, 0.05) is 18.2 Å². The molecule has 33 heavy (non-hydrogen) atoms. The molecule has 1 aliphatic heterocycles. The van der Waals surface area contributed by atoms with Crippen LogP contribution in [0, 0.1) is 0 Å². The van der Waals surface area contributed by atoms with E-state index >= 15 is 0 Å². The minimum Gasteiger partial charge on any atom is -0.348 e. The highest BCUT2D eigenvalue weighted by molar-refractivity contribution is 6.35. The van der Waals surface area contributed by atoms with Crippen molar-refractivity contribution in [1.82, 2.24) is 10.6 Å². The summed E-state index contributed by atoms with van der Waals surface area (Å²) in [6.45, 7) is 1.27. The molecule has 1 unspecified atom stereocenters. The fourth-order valence-electron chi connectivity index (χ4n) is 3.41. The number of nitrogens with zero attached hydrogens (tertiary/aromatic N) is 2. The average Bonchev–Trinajstić information content (AvgIpc) is 3.06. The summed E-state index contributed by atoms with van der Waals surface area (Å²) in [5, 5.41) is 14.1. The van der Waals surface area contributed by atoms with Gasteiger partial charge in [-0.25, -0.2) is 0 Å². The van der Waals surface area contributed by atoms with Gasteiger partial charge in [-0.05, 0) is 36.4 Å². The molecule has 4 rings (SSSR count). The van der Waals surface area contributed by atoms with Crippen LogP contribution < -0.4 is 21.0 Å². The second-order valence-corrected chi connectivity index (χ2v) is 7.67. The summed E-state index contributed by atoms with van der Waals surface area (Å²) < 4.78 is 0. The van der Waals surface area contributed by atoms with E-state index in [1.54, 1.807) is 78.9 Å². The summed E-state index contributed by atoms with van der Waals surface area (Å²) in [5.74, 6) is -1.74. The van der Waals surface area contributed by atoms with E-state index in [0.717, 1.165) is 5.01 Å². The van der Waals surface area contributed by atoms with Crippen LogP contribution in [-0.2, 0) is 9.59 Å². The number of para-hydroxylation sites is 2. The zero-order valence-electron chi connectivity index (χ0n) is 17.6. The maximum atomic E-state index is 13.8. The SMILES string of the molecule is CC(=O)NC1(Nc2ccccc2)C(=O)N(c2ccccc2Cl)N=C1NC(=O)c1ccccc1. The molecule has 0 aromatic heterocycles. The maximum Gasteiger partial charge on any atom is 0.302 e. The molecule has 0 fully saturated rings. The van der Waals surface area contributed by atoms with E-state index in [0.29, 0.717) is 16.9 Å². The smallest absolute Gasteiger partial charge is 0.302 e. The van der Waals surface area contributed by atoms with Gasteiger partial charge in [0.1, 0.15) is 0 Å². The van der Waals surface area contributed by atoms with Crippen molar-refractivity contribution in [3.05, 3.63) is 95.5 Å². The van der Waals surface area contributed by atoms with Crippen molar-refractivity contribution in [2.24, 2.45) is 5.10 Å². The number of carbonyl (C=O) groups is 3. The zero-order chi connectivity index (χ0) is 23.4. The molecule has 0 bridgehead atoms. The first kappa shape index (κ1) is 22.0. The van der Waals surface area contributed by atoms with Gasteiger partial charge in [0.25, 0.3) is 11.6 Å². The fraction of sp³-hybridized carbons (Fsp3) is 0.0833. The Hall–Kier alpha value is -4.17. The molecule has 8 nitrogen and oxygen atoms in total. The molecule has 3 aromatic carbocycles. The number of rotatable bonds is 5. The molecule has 1 aliphatic rings. The standard InChI is InChI=1S/C24H20ClN5O3/c1-16(31)27-24(28-18-12-6-3-7-13-18)22(26-21(32)17-10-4-2-5-11-17)29-30(23(24)33)20-15-9-8-14-19(20)25/h2-15,28H,1H3,(H,27,31)(H,26,29,32). The molecule has 3 N–H and O–H groups in total. The van der Waals surface area contributed by atoms with Crippen molar-refractivity contribution in [2.75, 3.05) is 10.3 Å². The van der Waals surface area contributed by atoms with Crippen LogP contribution in [0.1, 0.15) is 17.3 Å². The van der Waals surface area contributed by atoms with E-state index in [-0.39, 0.29) is 10.9 Å². The number of halogens is 1. The number of carbonyl (C=O) groups excluding carboxylic acids is 3. The van der Waals surface area contributed by atoms with Crippen LogP contribution in [0.25, 0.3) is 0 Å². The van der Waals surface area contributed by atoms with Gasteiger partial charge in [-0.1, -0.05) is 60.1 Å². The van der Waals surface area contributed by atoms with E-state index in [1.807, 2.05) is 6.07 Å². The summed E-state index contributed by atoms with van der Waals surface area (Å²) in [7, 11) is 0. The third-order valence-corrected chi connectivity index (χ3v) is 5.21. The molecule has 166 valence electrons. The molecule has 0 spiro atoms. The molecular weight excluding hydrogens is 442 g/mol. The fourth-order valence-corrected chi connectivity index (χ4v) is 3.63. The highest BCUT2D eigenvalue weighted by atomic mass is 35.5. The van der Waals surface area contributed by atoms with Crippen LogP contribution in [-0.4, -0.2) is 29.2 Å². The lowest BCUT2D eigenvalue weighted by atomic mass is 10.1. The summed E-state index contributed by atoms with van der Waals surface area (Å²) in [4.78, 5) is 39.0. The van der Waals surface area contributed by atoms with Crippen LogP contribution in [0.5, 0.6) is 0 Å². The number of hydrazone groups is 1. The quantitative estimate of drug-likeness (QED) is 0.507. The number of hydrogen-bond acceptors (Lipinski definition) is 5. The minimum atomic E-state index is -1.88. The van der Waals surface area contributed by atoms with Gasteiger partial charge in [-0.2, -0.15) is 5.01 Å². The highest BCUT2D eigenvalue weighted by Gasteiger charge is 2.54. The normalized spacial score (nSPS) is 17.3. The van der Waals surface area contributed by atoms with Crippen LogP contribution in [0.2, 0.25) is 5.02 Å². The summed E-state index contributed by atoms with van der Waals surface area (Å²) in [5.41, 5.74) is -0.683. The van der Waals surface area contributed by atoms with E-state index < -0.39 is 23.4 Å². The predicted molar refractivity (Wildman–Crippen MR) is 127 cm³/mol. The lowest BCUT2D eigenvalue weighted by Crippen LogP contribution is -2.67. The number of benzene rings is 3. The number of nitrogens with one attached hydrogen (secondary N) is 3. The third-order valence-electron chi connectivity index (χ3n) is 4.89. The Balaban J connectivity index is 1.82. The van der Waals surface area contributed by atoms with Crippen molar-refractivity contribution in [1.29, 1.82) is 0 Å². The van der Waals surface area contributed by atoms with Gasteiger partial charge < -0.3 is 16.0 Å². The monoisotopic (exact) mass is 461 g/mol. The molecule has 1 heterocycles. The summed E-state index contributed by atoms with van der Waals surface area (Å²) in [6, 6.07) is 23.9.